The Kier molecular flexibility index (Phi) is 11.7. The summed E-state index contributed by atoms with van der Waals surface area (Å²) < 4.78 is 34.3. The van der Waals surface area contributed by atoms with Crippen LogP contribution in [0.1, 0.15) is 32.3 Å². The van der Waals surface area contributed by atoms with Crippen LogP contribution in [0.3, 0.4) is 0 Å². The van der Waals surface area contributed by atoms with Crippen LogP contribution in [0.5, 0.6) is 5.75 Å². The standard InChI is InChI=1S/C29H32Cl3N3O5S/c1-4-15-33-29(37)25(5-2)34(18-20-11-12-21(30)16-24(20)32)28(36)19-35(26-17-22(31)13-14-27(26)40-3)41(38,39)23-9-7-6-8-10-23/h6-14,16-17,25H,4-5,15,18-19H2,1-3H3,(H,33,37). The quantitative estimate of drug-likeness (QED) is 0.241. The molecule has 0 spiro atoms. The van der Waals surface area contributed by atoms with E-state index in [1.54, 1.807) is 49.4 Å². The third-order valence-electron chi connectivity index (χ3n) is 6.31. The second kappa shape index (κ2) is 14.8. The van der Waals surface area contributed by atoms with Gasteiger partial charge in [0.1, 0.15) is 18.3 Å². The average Bonchev–Trinajstić information content (AvgIpc) is 2.96. The Morgan fingerprint density at radius 3 is 2.22 bits per heavy atom. The number of nitrogens with one attached hydrogen (secondary N) is 1. The molecular formula is C29H32Cl3N3O5S. The highest BCUT2D eigenvalue weighted by Gasteiger charge is 2.35. The van der Waals surface area contributed by atoms with Crippen LogP contribution in [0.15, 0.2) is 71.6 Å². The Morgan fingerprint density at radius 2 is 1.61 bits per heavy atom. The first kappa shape index (κ1) is 32.5. The molecule has 12 heteroatoms. The van der Waals surface area contributed by atoms with E-state index < -0.39 is 28.5 Å². The molecule has 0 fully saturated rings. The number of benzene rings is 3. The summed E-state index contributed by atoms with van der Waals surface area (Å²) in [6.45, 7) is 3.42. The van der Waals surface area contributed by atoms with Gasteiger partial charge in [0, 0.05) is 28.2 Å². The summed E-state index contributed by atoms with van der Waals surface area (Å²) in [5.41, 5.74) is 0.620. The number of carbonyl (C=O) groups is 2. The number of nitrogens with zero attached hydrogens (tertiary/aromatic N) is 2. The molecule has 0 aliphatic carbocycles. The average molecular weight is 641 g/mol. The Balaban J connectivity index is 2.13. The fourth-order valence-corrected chi connectivity index (χ4v) is 6.28. The SMILES string of the molecule is CCCNC(=O)C(CC)N(Cc1ccc(Cl)cc1Cl)C(=O)CN(c1cc(Cl)ccc1OC)S(=O)(=O)c1ccccc1. The largest absolute Gasteiger partial charge is 0.495 e. The van der Waals surface area contributed by atoms with Crippen molar-refractivity contribution in [3.63, 3.8) is 0 Å². The number of ether oxygens (including phenoxy) is 1. The number of hydrogen-bond acceptors (Lipinski definition) is 5. The number of sulfonamides is 1. The van der Waals surface area contributed by atoms with Crippen molar-refractivity contribution in [1.82, 2.24) is 10.2 Å². The fourth-order valence-electron chi connectivity index (χ4n) is 4.21. The molecule has 0 aliphatic rings. The number of methoxy groups -OCH3 is 1. The smallest absolute Gasteiger partial charge is 0.264 e. The van der Waals surface area contributed by atoms with Crippen molar-refractivity contribution in [2.75, 3.05) is 24.5 Å². The lowest BCUT2D eigenvalue weighted by atomic mass is 10.1. The number of hydrogen-bond donors (Lipinski definition) is 1. The van der Waals surface area contributed by atoms with Crippen molar-refractivity contribution in [3.05, 3.63) is 87.4 Å². The normalized spacial score (nSPS) is 12.0. The Labute approximate surface area is 256 Å². The lowest BCUT2D eigenvalue weighted by molar-refractivity contribution is -0.140. The molecule has 0 saturated heterocycles. The molecule has 3 rings (SSSR count). The van der Waals surface area contributed by atoms with Crippen molar-refractivity contribution in [2.24, 2.45) is 0 Å². The van der Waals surface area contributed by atoms with Gasteiger partial charge in [-0.25, -0.2) is 8.42 Å². The first-order valence-electron chi connectivity index (χ1n) is 13.0. The monoisotopic (exact) mass is 639 g/mol. The number of carbonyl (C=O) groups excluding carboxylic acids is 2. The van der Waals surface area contributed by atoms with E-state index in [4.69, 9.17) is 39.5 Å². The molecule has 0 bridgehead atoms. The third kappa shape index (κ3) is 8.07. The number of halogens is 3. The Bertz CT molecular complexity index is 1470. The van der Waals surface area contributed by atoms with Crippen LogP contribution >= 0.6 is 34.8 Å². The summed E-state index contributed by atoms with van der Waals surface area (Å²) in [5, 5.41) is 3.81. The van der Waals surface area contributed by atoms with E-state index in [1.165, 1.54) is 36.3 Å². The summed E-state index contributed by atoms with van der Waals surface area (Å²) >= 11 is 18.8. The second-order valence-corrected chi connectivity index (χ2v) is 12.3. The Hall–Kier alpha value is -2.98. The van der Waals surface area contributed by atoms with Crippen molar-refractivity contribution in [1.29, 1.82) is 0 Å². The highest BCUT2D eigenvalue weighted by molar-refractivity contribution is 7.92. The van der Waals surface area contributed by atoms with Gasteiger partial charge < -0.3 is 15.0 Å². The molecule has 1 unspecified atom stereocenters. The van der Waals surface area contributed by atoms with Gasteiger partial charge in [-0.15, -0.1) is 0 Å². The van der Waals surface area contributed by atoms with E-state index in [0.717, 1.165) is 4.31 Å². The van der Waals surface area contributed by atoms with Gasteiger partial charge in [0.2, 0.25) is 11.8 Å². The van der Waals surface area contributed by atoms with Gasteiger partial charge in [-0.05, 0) is 60.9 Å². The van der Waals surface area contributed by atoms with Gasteiger partial charge in [-0.2, -0.15) is 0 Å². The van der Waals surface area contributed by atoms with E-state index in [2.05, 4.69) is 5.32 Å². The lowest BCUT2D eigenvalue weighted by Crippen LogP contribution is -2.52. The minimum absolute atomic E-state index is 0.0325. The zero-order chi connectivity index (χ0) is 30.2. The molecule has 220 valence electrons. The minimum Gasteiger partial charge on any atom is -0.495 e. The van der Waals surface area contributed by atoms with Gasteiger partial charge in [-0.3, -0.25) is 13.9 Å². The van der Waals surface area contributed by atoms with Crippen molar-refractivity contribution < 1.29 is 22.7 Å². The zero-order valence-electron chi connectivity index (χ0n) is 22.9. The van der Waals surface area contributed by atoms with Gasteiger partial charge in [0.05, 0.1) is 17.7 Å². The summed E-state index contributed by atoms with van der Waals surface area (Å²) in [6.07, 6.45) is 0.981. The molecule has 0 radical (unpaired) electrons. The van der Waals surface area contributed by atoms with Crippen molar-refractivity contribution in [2.45, 2.75) is 44.2 Å². The van der Waals surface area contributed by atoms with Crippen molar-refractivity contribution in [3.8, 4) is 5.75 Å². The molecule has 0 aromatic heterocycles. The van der Waals surface area contributed by atoms with Gasteiger partial charge in [0.15, 0.2) is 0 Å². The Morgan fingerprint density at radius 1 is 0.951 bits per heavy atom. The van der Waals surface area contributed by atoms with Crippen molar-refractivity contribution >= 4 is 62.3 Å². The van der Waals surface area contributed by atoms with E-state index in [0.29, 0.717) is 28.6 Å². The topological polar surface area (TPSA) is 96.0 Å². The second-order valence-electron chi connectivity index (χ2n) is 9.11. The van der Waals surface area contributed by atoms with Crippen LogP contribution in [0.2, 0.25) is 15.1 Å². The van der Waals surface area contributed by atoms with Gasteiger partial charge in [0.25, 0.3) is 10.0 Å². The molecular weight excluding hydrogens is 609 g/mol. The molecule has 41 heavy (non-hydrogen) atoms. The highest BCUT2D eigenvalue weighted by Crippen LogP contribution is 2.35. The summed E-state index contributed by atoms with van der Waals surface area (Å²) in [4.78, 5) is 28.7. The highest BCUT2D eigenvalue weighted by atomic mass is 35.5. The molecule has 3 aromatic carbocycles. The number of rotatable bonds is 13. The van der Waals surface area contributed by atoms with Crippen LogP contribution < -0.4 is 14.4 Å². The lowest BCUT2D eigenvalue weighted by Gasteiger charge is -2.33. The predicted molar refractivity (Wildman–Crippen MR) is 163 cm³/mol. The molecule has 2 amide bonds. The predicted octanol–water partition coefficient (Wildman–Crippen LogP) is 6.18. The van der Waals surface area contributed by atoms with Crippen LogP contribution in [-0.4, -0.2) is 51.4 Å². The number of amides is 2. The molecule has 0 aliphatic heterocycles. The van der Waals surface area contributed by atoms with E-state index in [9.17, 15) is 18.0 Å². The summed E-state index contributed by atoms with van der Waals surface area (Å²) in [6, 6.07) is 16.2. The zero-order valence-corrected chi connectivity index (χ0v) is 26.0. The fraction of sp³-hybridized carbons (Fsp3) is 0.310. The van der Waals surface area contributed by atoms with E-state index in [-0.39, 0.29) is 40.2 Å². The molecule has 1 N–H and O–H groups in total. The van der Waals surface area contributed by atoms with Gasteiger partial charge in [-0.1, -0.05) is 72.9 Å². The maximum Gasteiger partial charge on any atom is 0.264 e. The first-order chi connectivity index (χ1) is 19.5. The third-order valence-corrected chi connectivity index (χ3v) is 8.91. The van der Waals surface area contributed by atoms with Crippen LogP contribution in [-0.2, 0) is 26.2 Å². The molecule has 3 aromatic rings. The van der Waals surface area contributed by atoms with Crippen LogP contribution in [0.25, 0.3) is 0 Å². The minimum atomic E-state index is -4.28. The first-order valence-corrected chi connectivity index (χ1v) is 15.5. The molecule has 8 nitrogen and oxygen atoms in total. The van der Waals surface area contributed by atoms with E-state index >= 15 is 0 Å². The van der Waals surface area contributed by atoms with Crippen LogP contribution in [0.4, 0.5) is 5.69 Å². The maximum atomic E-state index is 14.1. The molecule has 0 heterocycles. The van der Waals surface area contributed by atoms with Gasteiger partial charge >= 0.3 is 0 Å². The molecule has 0 saturated carbocycles. The maximum absolute atomic E-state index is 14.1. The van der Waals surface area contributed by atoms with Crippen LogP contribution in [0, 0.1) is 0 Å². The summed E-state index contributed by atoms with van der Waals surface area (Å²) in [5.74, 6) is -0.789. The number of anilines is 1. The van der Waals surface area contributed by atoms with E-state index in [1.807, 2.05) is 6.92 Å². The molecule has 1 atom stereocenters. The summed E-state index contributed by atoms with van der Waals surface area (Å²) in [7, 11) is -2.89.